The lowest BCUT2D eigenvalue weighted by Crippen LogP contribution is -2.25. The van der Waals surface area contributed by atoms with Crippen molar-refractivity contribution in [2.24, 2.45) is 0 Å². The monoisotopic (exact) mass is 425 g/mol. The fourth-order valence-corrected chi connectivity index (χ4v) is 5.66. The second-order valence-corrected chi connectivity index (χ2v) is 9.72. The standard InChI is InChI=1S/C31H39N/c1-5-30(6-2,27-14-10-8-11-15-27)23-22-25(4)26-18-20-29(21-19-26)32-24-31(32,7-3)28-16-12-9-13-17-28/h8-21,25H,5-7,22-24H2,1-4H3. The Labute approximate surface area is 195 Å². The van der Waals surface area contributed by atoms with E-state index in [9.17, 15) is 0 Å². The van der Waals surface area contributed by atoms with Gasteiger partial charge in [0.25, 0.3) is 0 Å². The highest BCUT2D eigenvalue weighted by Crippen LogP contribution is 2.48. The Bertz CT molecular complexity index is 972. The van der Waals surface area contributed by atoms with Gasteiger partial charge in [-0.2, -0.15) is 0 Å². The molecule has 0 N–H and O–H groups in total. The third-order valence-electron chi connectivity index (χ3n) is 8.30. The number of rotatable bonds is 10. The molecule has 0 aromatic heterocycles. The molecule has 32 heavy (non-hydrogen) atoms. The molecule has 3 aromatic rings. The zero-order valence-electron chi connectivity index (χ0n) is 20.4. The first kappa shape index (κ1) is 22.6. The van der Waals surface area contributed by atoms with Crippen LogP contribution >= 0.6 is 0 Å². The van der Waals surface area contributed by atoms with E-state index in [1.807, 2.05) is 0 Å². The maximum Gasteiger partial charge on any atom is 0.0827 e. The van der Waals surface area contributed by atoms with Crippen molar-refractivity contribution in [2.45, 2.75) is 76.7 Å². The molecule has 0 radical (unpaired) electrons. The SMILES string of the molecule is CCC(CC)(CCC(C)c1ccc(N2CC2(CC)c2ccccc2)cc1)c1ccccc1. The van der Waals surface area contributed by atoms with Gasteiger partial charge in [0, 0.05) is 12.2 Å². The van der Waals surface area contributed by atoms with Crippen LogP contribution in [-0.4, -0.2) is 6.54 Å². The average molecular weight is 426 g/mol. The van der Waals surface area contributed by atoms with Gasteiger partial charge in [-0.25, -0.2) is 0 Å². The molecule has 4 rings (SSSR count). The van der Waals surface area contributed by atoms with Crippen LogP contribution in [0.4, 0.5) is 5.69 Å². The third kappa shape index (κ3) is 4.22. The van der Waals surface area contributed by atoms with Crippen LogP contribution in [0, 0.1) is 0 Å². The van der Waals surface area contributed by atoms with E-state index in [1.165, 1.54) is 48.1 Å². The zero-order chi connectivity index (χ0) is 22.6. The molecular weight excluding hydrogens is 386 g/mol. The smallest absolute Gasteiger partial charge is 0.0827 e. The fraction of sp³-hybridized carbons (Fsp3) is 0.419. The van der Waals surface area contributed by atoms with Crippen molar-refractivity contribution in [3.05, 3.63) is 102 Å². The van der Waals surface area contributed by atoms with Crippen LogP contribution in [-0.2, 0) is 11.0 Å². The minimum absolute atomic E-state index is 0.186. The van der Waals surface area contributed by atoms with E-state index in [0.29, 0.717) is 11.3 Å². The van der Waals surface area contributed by atoms with E-state index >= 15 is 0 Å². The molecule has 3 aromatic carbocycles. The number of nitrogens with zero attached hydrogens (tertiary/aromatic N) is 1. The van der Waals surface area contributed by atoms with E-state index in [0.717, 1.165) is 13.0 Å². The Morgan fingerprint density at radius 1 is 0.812 bits per heavy atom. The summed E-state index contributed by atoms with van der Waals surface area (Å²) in [4.78, 5) is 2.56. The fourth-order valence-electron chi connectivity index (χ4n) is 5.66. The minimum atomic E-state index is 0.186. The largest absolute Gasteiger partial charge is 0.357 e. The predicted octanol–water partition coefficient (Wildman–Crippen LogP) is 8.45. The van der Waals surface area contributed by atoms with Crippen molar-refractivity contribution in [3.8, 4) is 0 Å². The lowest BCUT2D eigenvalue weighted by molar-refractivity contribution is 0.345. The first-order valence-corrected chi connectivity index (χ1v) is 12.6. The predicted molar refractivity (Wildman–Crippen MR) is 139 cm³/mol. The lowest BCUT2D eigenvalue weighted by atomic mass is 9.71. The molecule has 1 aliphatic rings. The first-order valence-electron chi connectivity index (χ1n) is 12.6. The third-order valence-corrected chi connectivity index (χ3v) is 8.30. The molecule has 2 unspecified atom stereocenters. The van der Waals surface area contributed by atoms with Gasteiger partial charge >= 0.3 is 0 Å². The molecule has 168 valence electrons. The normalized spacial score (nSPS) is 19.1. The molecule has 0 amide bonds. The maximum atomic E-state index is 2.56. The van der Waals surface area contributed by atoms with E-state index in [1.54, 1.807) is 0 Å². The van der Waals surface area contributed by atoms with E-state index in [2.05, 4.69) is 118 Å². The lowest BCUT2D eigenvalue weighted by Gasteiger charge is -2.33. The molecule has 0 saturated carbocycles. The second kappa shape index (κ2) is 9.53. The van der Waals surface area contributed by atoms with E-state index in [-0.39, 0.29) is 5.54 Å². The summed E-state index contributed by atoms with van der Waals surface area (Å²) in [6.45, 7) is 10.5. The molecule has 1 aliphatic heterocycles. The van der Waals surface area contributed by atoms with Crippen LogP contribution in [0.5, 0.6) is 0 Å². The van der Waals surface area contributed by atoms with Crippen molar-refractivity contribution in [1.82, 2.24) is 0 Å². The first-order chi connectivity index (χ1) is 15.6. The number of anilines is 1. The molecule has 1 saturated heterocycles. The van der Waals surface area contributed by atoms with Gasteiger partial charge in [-0.05, 0) is 72.3 Å². The molecule has 1 heteroatoms. The number of hydrogen-bond acceptors (Lipinski definition) is 1. The van der Waals surface area contributed by atoms with Crippen molar-refractivity contribution < 1.29 is 0 Å². The highest BCUT2D eigenvalue weighted by molar-refractivity contribution is 5.61. The molecule has 1 fully saturated rings. The Kier molecular flexibility index (Phi) is 6.74. The molecule has 0 bridgehead atoms. The molecule has 1 nitrogen and oxygen atoms in total. The summed E-state index contributed by atoms with van der Waals surface area (Å²) < 4.78 is 0. The zero-order valence-corrected chi connectivity index (χ0v) is 20.4. The summed E-state index contributed by atoms with van der Waals surface area (Å²) in [5.74, 6) is 0.574. The van der Waals surface area contributed by atoms with Gasteiger partial charge in [0.05, 0.1) is 5.54 Å². The van der Waals surface area contributed by atoms with Crippen LogP contribution in [0.1, 0.15) is 82.4 Å². The Morgan fingerprint density at radius 2 is 1.41 bits per heavy atom. The van der Waals surface area contributed by atoms with Crippen LogP contribution in [0.15, 0.2) is 84.9 Å². The summed E-state index contributed by atoms with van der Waals surface area (Å²) in [5.41, 5.74) is 6.25. The highest BCUT2D eigenvalue weighted by Gasteiger charge is 2.51. The van der Waals surface area contributed by atoms with Crippen LogP contribution < -0.4 is 4.90 Å². The Morgan fingerprint density at radius 3 is 1.97 bits per heavy atom. The van der Waals surface area contributed by atoms with Gasteiger partial charge in [-0.3, -0.25) is 0 Å². The van der Waals surface area contributed by atoms with Crippen molar-refractivity contribution >= 4 is 5.69 Å². The maximum absolute atomic E-state index is 2.56. The Hall–Kier alpha value is -2.54. The number of hydrogen-bond donors (Lipinski definition) is 0. The van der Waals surface area contributed by atoms with Crippen molar-refractivity contribution in [3.63, 3.8) is 0 Å². The minimum Gasteiger partial charge on any atom is -0.357 e. The van der Waals surface area contributed by atoms with Crippen LogP contribution in [0.3, 0.4) is 0 Å². The van der Waals surface area contributed by atoms with Gasteiger partial charge in [-0.15, -0.1) is 0 Å². The van der Waals surface area contributed by atoms with Crippen LogP contribution in [0.2, 0.25) is 0 Å². The molecule has 0 spiro atoms. The quantitative estimate of drug-likeness (QED) is 0.294. The average Bonchev–Trinajstić information content (AvgIpc) is 3.62. The van der Waals surface area contributed by atoms with Gasteiger partial charge in [0.2, 0.25) is 0 Å². The van der Waals surface area contributed by atoms with E-state index in [4.69, 9.17) is 0 Å². The summed E-state index contributed by atoms with van der Waals surface area (Å²) >= 11 is 0. The Balaban J connectivity index is 1.43. The topological polar surface area (TPSA) is 3.01 Å². The van der Waals surface area contributed by atoms with Crippen LogP contribution in [0.25, 0.3) is 0 Å². The summed E-state index contributed by atoms with van der Waals surface area (Å²) in [6, 6.07) is 31.6. The van der Waals surface area contributed by atoms with Gasteiger partial charge in [0.15, 0.2) is 0 Å². The van der Waals surface area contributed by atoms with Gasteiger partial charge < -0.3 is 4.90 Å². The summed E-state index contributed by atoms with van der Waals surface area (Å²) in [6.07, 6.45) is 6.01. The van der Waals surface area contributed by atoms with Crippen molar-refractivity contribution in [2.75, 3.05) is 11.4 Å². The van der Waals surface area contributed by atoms with Crippen molar-refractivity contribution in [1.29, 1.82) is 0 Å². The second-order valence-electron chi connectivity index (χ2n) is 9.72. The molecule has 0 aliphatic carbocycles. The molecular formula is C31H39N. The molecule has 1 heterocycles. The molecule has 2 atom stereocenters. The summed E-state index contributed by atoms with van der Waals surface area (Å²) in [5, 5.41) is 0. The number of benzene rings is 3. The summed E-state index contributed by atoms with van der Waals surface area (Å²) in [7, 11) is 0. The highest BCUT2D eigenvalue weighted by atomic mass is 15.4. The van der Waals surface area contributed by atoms with Gasteiger partial charge in [0.1, 0.15) is 0 Å². The van der Waals surface area contributed by atoms with E-state index < -0.39 is 0 Å². The van der Waals surface area contributed by atoms with Gasteiger partial charge in [-0.1, -0.05) is 100 Å².